The number of rotatable bonds is 7. The minimum absolute atomic E-state index is 0.0366. The van der Waals surface area contributed by atoms with E-state index in [1.165, 1.54) is 0 Å². The van der Waals surface area contributed by atoms with Crippen LogP contribution in [0.25, 0.3) is 0 Å². The van der Waals surface area contributed by atoms with E-state index in [1.807, 2.05) is 12.3 Å². The third-order valence-corrected chi connectivity index (χ3v) is 4.11. The minimum Gasteiger partial charge on any atom is -0.384 e. The van der Waals surface area contributed by atoms with E-state index in [1.54, 1.807) is 24.2 Å². The summed E-state index contributed by atoms with van der Waals surface area (Å²) in [5, 5.41) is 6.22. The van der Waals surface area contributed by atoms with E-state index < -0.39 is 0 Å². The maximum absolute atomic E-state index is 12.2. The highest BCUT2D eigenvalue weighted by molar-refractivity contribution is 7.99. The number of carbonyl (C=O) groups is 1. The second-order valence-corrected chi connectivity index (χ2v) is 6.51. The Morgan fingerprint density at radius 1 is 1.47 bits per heavy atom. The Kier molecular flexibility index (Phi) is 6.15. The molecule has 0 fully saturated rings. The van der Waals surface area contributed by atoms with Crippen molar-refractivity contribution in [2.24, 2.45) is 0 Å². The second kappa shape index (κ2) is 7.38. The van der Waals surface area contributed by atoms with Gasteiger partial charge in [-0.1, -0.05) is 6.92 Å². The van der Waals surface area contributed by atoms with Crippen LogP contribution in [0.4, 0.5) is 5.69 Å². The minimum atomic E-state index is -0.0752. The van der Waals surface area contributed by atoms with Crippen molar-refractivity contribution in [3.63, 3.8) is 0 Å². The molecule has 1 aromatic rings. The SMILES string of the molecule is CCCNc1ccncc1C(=O)NCC(C)(C)SC. The summed E-state index contributed by atoms with van der Waals surface area (Å²) in [4.78, 5) is 16.2. The molecule has 5 heteroatoms. The molecule has 0 saturated carbocycles. The third kappa shape index (κ3) is 5.11. The maximum atomic E-state index is 12.2. The Hall–Kier alpha value is -1.23. The zero-order chi connectivity index (χ0) is 14.3. The van der Waals surface area contributed by atoms with E-state index in [4.69, 9.17) is 0 Å². The molecule has 0 aliphatic heterocycles. The number of aromatic nitrogens is 1. The molecule has 0 spiro atoms. The van der Waals surface area contributed by atoms with Crippen LogP contribution in [0.2, 0.25) is 0 Å². The van der Waals surface area contributed by atoms with Gasteiger partial charge in [0.1, 0.15) is 0 Å². The number of anilines is 1. The van der Waals surface area contributed by atoms with Crippen molar-refractivity contribution >= 4 is 23.4 Å². The highest BCUT2D eigenvalue weighted by Gasteiger charge is 2.18. The molecule has 0 atom stereocenters. The molecule has 2 N–H and O–H groups in total. The van der Waals surface area contributed by atoms with E-state index >= 15 is 0 Å². The molecule has 0 unspecified atom stereocenters. The summed E-state index contributed by atoms with van der Waals surface area (Å²) in [7, 11) is 0. The van der Waals surface area contributed by atoms with Crippen molar-refractivity contribution in [1.29, 1.82) is 0 Å². The average Bonchev–Trinajstić information content (AvgIpc) is 2.43. The van der Waals surface area contributed by atoms with Gasteiger partial charge in [-0.3, -0.25) is 9.78 Å². The van der Waals surface area contributed by atoms with Crippen LogP contribution >= 0.6 is 11.8 Å². The Morgan fingerprint density at radius 3 is 2.84 bits per heavy atom. The molecule has 1 heterocycles. The molecule has 1 aromatic heterocycles. The van der Waals surface area contributed by atoms with Gasteiger partial charge in [0.15, 0.2) is 0 Å². The molecular weight excluding hydrogens is 258 g/mol. The molecule has 4 nitrogen and oxygen atoms in total. The number of nitrogens with one attached hydrogen (secondary N) is 2. The van der Waals surface area contributed by atoms with Gasteiger partial charge in [-0.15, -0.1) is 0 Å². The van der Waals surface area contributed by atoms with Crippen molar-refractivity contribution in [3.8, 4) is 0 Å². The fraction of sp³-hybridized carbons (Fsp3) is 0.571. The fourth-order valence-electron chi connectivity index (χ4n) is 1.45. The lowest BCUT2D eigenvalue weighted by Gasteiger charge is -2.22. The van der Waals surface area contributed by atoms with Crippen molar-refractivity contribution in [1.82, 2.24) is 10.3 Å². The zero-order valence-electron chi connectivity index (χ0n) is 12.1. The van der Waals surface area contributed by atoms with Gasteiger partial charge in [0.2, 0.25) is 0 Å². The van der Waals surface area contributed by atoms with Gasteiger partial charge in [-0.2, -0.15) is 11.8 Å². The second-order valence-electron chi connectivity index (χ2n) is 4.99. The molecule has 0 aliphatic rings. The van der Waals surface area contributed by atoms with Gasteiger partial charge in [0.05, 0.1) is 11.3 Å². The topological polar surface area (TPSA) is 54.0 Å². The quantitative estimate of drug-likeness (QED) is 0.807. The highest BCUT2D eigenvalue weighted by atomic mass is 32.2. The monoisotopic (exact) mass is 281 g/mol. The average molecular weight is 281 g/mol. The summed E-state index contributed by atoms with van der Waals surface area (Å²) in [5.41, 5.74) is 1.45. The molecular formula is C14H23N3OS. The molecule has 0 saturated heterocycles. The van der Waals surface area contributed by atoms with E-state index in [-0.39, 0.29) is 10.7 Å². The lowest BCUT2D eigenvalue weighted by molar-refractivity contribution is 0.0951. The van der Waals surface area contributed by atoms with Crippen LogP contribution in [0.1, 0.15) is 37.6 Å². The first-order chi connectivity index (χ1) is 9.00. The predicted octanol–water partition coefficient (Wildman–Crippen LogP) is 2.77. The standard InChI is InChI=1S/C14H23N3OS/c1-5-7-16-12-6-8-15-9-11(12)13(18)17-10-14(2,3)19-4/h6,8-9H,5,7,10H2,1-4H3,(H,15,16)(H,17,18). The number of nitrogens with zero attached hydrogens (tertiary/aromatic N) is 1. The predicted molar refractivity (Wildman–Crippen MR) is 82.9 cm³/mol. The summed E-state index contributed by atoms with van der Waals surface area (Å²) >= 11 is 1.74. The Morgan fingerprint density at radius 2 is 2.21 bits per heavy atom. The highest BCUT2D eigenvalue weighted by Crippen LogP contribution is 2.20. The van der Waals surface area contributed by atoms with Crippen molar-refractivity contribution in [2.45, 2.75) is 31.9 Å². The lowest BCUT2D eigenvalue weighted by Crippen LogP contribution is -2.36. The Balaban J connectivity index is 2.71. The zero-order valence-corrected chi connectivity index (χ0v) is 12.9. The van der Waals surface area contributed by atoms with Crippen LogP contribution in [0.5, 0.6) is 0 Å². The number of amides is 1. The Labute approximate surface area is 119 Å². The van der Waals surface area contributed by atoms with Gasteiger partial charge in [-0.25, -0.2) is 0 Å². The van der Waals surface area contributed by atoms with Gasteiger partial charge < -0.3 is 10.6 Å². The van der Waals surface area contributed by atoms with E-state index in [9.17, 15) is 4.79 Å². The van der Waals surface area contributed by atoms with Crippen molar-refractivity contribution < 1.29 is 4.79 Å². The molecule has 0 aromatic carbocycles. The van der Waals surface area contributed by atoms with Crippen molar-refractivity contribution in [3.05, 3.63) is 24.0 Å². The van der Waals surface area contributed by atoms with Crippen LogP contribution in [0.15, 0.2) is 18.5 Å². The molecule has 0 radical (unpaired) electrons. The van der Waals surface area contributed by atoms with Crippen LogP contribution in [-0.2, 0) is 0 Å². The molecule has 0 aliphatic carbocycles. The molecule has 19 heavy (non-hydrogen) atoms. The summed E-state index contributed by atoms with van der Waals surface area (Å²) in [6.45, 7) is 7.79. The number of thioether (sulfide) groups is 1. The van der Waals surface area contributed by atoms with E-state index in [0.29, 0.717) is 12.1 Å². The van der Waals surface area contributed by atoms with Crippen LogP contribution in [-0.4, -0.2) is 35.0 Å². The number of carbonyl (C=O) groups excluding carboxylic acids is 1. The first kappa shape index (κ1) is 15.8. The first-order valence-corrected chi connectivity index (χ1v) is 7.74. The van der Waals surface area contributed by atoms with Gasteiger partial charge in [-0.05, 0) is 32.6 Å². The van der Waals surface area contributed by atoms with E-state index in [0.717, 1.165) is 18.7 Å². The Bertz CT molecular complexity index is 421. The normalized spacial score (nSPS) is 11.2. The van der Waals surface area contributed by atoms with Crippen LogP contribution in [0.3, 0.4) is 0 Å². The molecule has 0 bridgehead atoms. The van der Waals surface area contributed by atoms with Crippen LogP contribution in [0, 0.1) is 0 Å². The van der Waals surface area contributed by atoms with Gasteiger partial charge >= 0.3 is 0 Å². The van der Waals surface area contributed by atoms with Gasteiger partial charge in [0, 0.05) is 30.2 Å². The number of hydrogen-bond donors (Lipinski definition) is 2. The summed E-state index contributed by atoms with van der Waals surface area (Å²) in [5.74, 6) is -0.0752. The molecule has 106 valence electrons. The lowest BCUT2D eigenvalue weighted by atomic mass is 10.2. The van der Waals surface area contributed by atoms with Gasteiger partial charge in [0.25, 0.3) is 5.91 Å². The first-order valence-electron chi connectivity index (χ1n) is 6.51. The summed E-state index contributed by atoms with van der Waals surface area (Å²) < 4.78 is 0.0366. The van der Waals surface area contributed by atoms with Crippen LogP contribution < -0.4 is 10.6 Å². The smallest absolute Gasteiger partial charge is 0.255 e. The number of hydrogen-bond acceptors (Lipinski definition) is 4. The fourth-order valence-corrected chi connectivity index (χ4v) is 1.67. The summed E-state index contributed by atoms with van der Waals surface area (Å²) in [6, 6.07) is 1.84. The molecule has 1 amide bonds. The van der Waals surface area contributed by atoms with Crippen molar-refractivity contribution in [2.75, 3.05) is 24.7 Å². The third-order valence-electron chi connectivity index (χ3n) is 2.86. The largest absolute Gasteiger partial charge is 0.384 e. The maximum Gasteiger partial charge on any atom is 0.255 e. The number of pyridine rings is 1. The van der Waals surface area contributed by atoms with E-state index in [2.05, 4.69) is 36.4 Å². The summed E-state index contributed by atoms with van der Waals surface area (Å²) in [6.07, 6.45) is 6.37. The molecule has 1 rings (SSSR count).